The molecule has 2 rings (SSSR count). The highest BCUT2D eigenvalue weighted by Crippen LogP contribution is 2.21. The number of rotatable bonds is 6. The van der Waals surface area contributed by atoms with E-state index in [0.717, 1.165) is 24.1 Å². The minimum Gasteiger partial charge on any atom is -0.380 e. The van der Waals surface area contributed by atoms with E-state index in [1.54, 1.807) is 7.05 Å². The zero-order valence-electron chi connectivity index (χ0n) is 15.5. The number of ether oxygens (including phenoxy) is 1. The summed E-state index contributed by atoms with van der Waals surface area (Å²) in [6, 6.07) is 2.28. The predicted octanol–water partition coefficient (Wildman–Crippen LogP) is -0.107. The van der Waals surface area contributed by atoms with Crippen molar-refractivity contribution in [1.82, 2.24) is 14.0 Å². The average Bonchev–Trinajstić information content (AvgIpc) is 2.63. The largest absolute Gasteiger partial charge is 0.380 e. The second kappa shape index (κ2) is 8.32. The summed E-state index contributed by atoms with van der Waals surface area (Å²) in [7, 11) is 3.01. The third-order valence-electron chi connectivity index (χ3n) is 4.85. The van der Waals surface area contributed by atoms with Crippen LogP contribution in [0.4, 0.5) is 5.82 Å². The molecular weight excluding hydrogens is 322 g/mol. The SMILES string of the molecule is CCOCCN1CCN(c2c(C#N)c(=O)n(C)c(=O)n2C)C[C@H]1CC. The molecule has 2 heterocycles. The molecule has 8 nitrogen and oxygen atoms in total. The first-order valence-corrected chi connectivity index (χ1v) is 8.73. The number of piperazine rings is 1. The molecule has 0 aromatic carbocycles. The van der Waals surface area contributed by atoms with Crippen molar-refractivity contribution in [1.29, 1.82) is 5.26 Å². The minimum atomic E-state index is -0.535. The molecule has 0 bridgehead atoms. The first-order chi connectivity index (χ1) is 12.0. The molecule has 0 unspecified atom stereocenters. The van der Waals surface area contributed by atoms with Crippen molar-refractivity contribution in [3.8, 4) is 6.07 Å². The van der Waals surface area contributed by atoms with Crippen molar-refractivity contribution >= 4 is 5.82 Å². The van der Waals surface area contributed by atoms with Gasteiger partial charge in [0.25, 0.3) is 5.56 Å². The van der Waals surface area contributed by atoms with Gasteiger partial charge in [0.15, 0.2) is 5.56 Å². The van der Waals surface area contributed by atoms with E-state index < -0.39 is 11.2 Å². The molecule has 25 heavy (non-hydrogen) atoms. The Morgan fingerprint density at radius 1 is 1.20 bits per heavy atom. The fraction of sp³-hybridized carbons (Fsp3) is 0.706. The van der Waals surface area contributed by atoms with Gasteiger partial charge in [-0.2, -0.15) is 5.26 Å². The number of hydrogen-bond acceptors (Lipinski definition) is 6. The van der Waals surface area contributed by atoms with E-state index in [2.05, 4.69) is 11.8 Å². The molecular formula is C17H27N5O3. The summed E-state index contributed by atoms with van der Waals surface area (Å²) in [5.74, 6) is 0.429. The van der Waals surface area contributed by atoms with Gasteiger partial charge in [0, 0.05) is 52.9 Å². The van der Waals surface area contributed by atoms with Crippen molar-refractivity contribution in [3.05, 3.63) is 26.4 Å². The maximum absolute atomic E-state index is 12.3. The van der Waals surface area contributed by atoms with Crippen LogP contribution in [0.25, 0.3) is 0 Å². The molecule has 1 fully saturated rings. The quantitative estimate of drug-likeness (QED) is 0.667. The Bertz CT molecular complexity index is 761. The van der Waals surface area contributed by atoms with E-state index in [1.807, 2.05) is 17.9 Å². The van der Waals surface area contributed by atoms with Crippen LogP contribution < -0.4 is 16.1 Å². The van der Waals surface area contributed by atoms with Gasteiger partial charge in [-0.05, 0) is 13.3 Å². The van der Waals surface area contributed by atoms with Gasteiger partial charge < -0.3 is 9.64 Å². The molecule has 0 radical (unpaired) electrons. The average molecular weight is 349 g/mol. The van der Waals surface area contributed by atoms with Gasteiger partial charge in [-0.1, -0.05) is 6.92 Å². The summed E-state index contributed by atoms with van der Waals surface area (Å²) in [5.41, 5.74) is -0.916. The van der Waals surface area contributed by atoms with Gasteiger partial charge in [-0.25, -0.2) is 4.79 Å². The maximum Gasteiger partial charge on any atom is 0.332 e. The lowest BCUT2D eigenvalue weighted by atomic mass is 10.1. The van der Waals surface area contributed by atoms with Crippen LogP contribution in [0.3, 0.4) is 0 Å². The smallest absolute Gasteiger partial charge is 0.332 e. The summed E-state index contributed by atoms with van der Waals surface area (Å²) in [5, 5.41) is 9.46. The number of aromatic nitrogens is 2. The molecule has 0 spiro atoms. The van der Waals surface area contributed by atoms with Crippen molar-refractivity contribution in [2.24, 2.45) is 14.1 Å². The van der Waals surface area contributed by atoms with E-state index in [0.29, 0.717) is 38.2 Å². The monoisotopic (exact) mass is 349 g/mol. The van der Waals surface area contributed by atoms with Crippen molar-refractivity contribution in [2.75, 3.05) is 44.3 Å². The van der Waals surface area contributed by atoms with Crippen LogP contribution in [0.5, 0.6) is 0 Å². The normalized spacial score (nSPS) is 18.4. The first kappa shape index (κ1) is 19.2. The lowest BCUT2D eigenvalue weighted by Gasteiger charge is -2.42. The Kier molecular flexibility index (Phi) is 6.39. The van der Waals surface area contributed by atoms with Gasteiger partial charge in [-0.3, -0.25) is 18.8 Å². The van der Waals surface area contributed by atoms with Gasteiger partial charge >= 0.3 is 5.69 Å². The summed E-state index contributed by atoms with van der Waals surface area (Å²) in [4.78, 5) is 28.9. The zero-order chi connectivity index (χ0) is 18.6. The molecule has 0 amide bonds. The molecule has 0 aliphatic carbocycles. The van der Waals surface area contributed by atoms with Crippen molar-refractivity contribution in [2.45, 2.75) is 26.3 Å². The fourth-order valence-electron chi connectivity index (χ4n) is 3.39. The summed E-state index contributed by atoms with van der Waals surface area (Å²) < 4.78 is 7.84. The Morgan fingerprint density at radius 2 is 1.92 bits per heavy atom. The van der Waals surface area contributed by atoms with E-state index in [1.165, 1.54) is 11.6 Å². The Morgan fingerprint density at radius 3 is 2.52 bits per heavy atom. The number of anilines is 1. The van der Waals surface area contributed by atoms with Crippen LogP contribution in [0.2, 0.25) is 0 Å². The van der Waals surface area contributed by atoms with E-state index >= 15 is 0 Å². The fourth-order valence-corrected chi connectivity index (χ4v) is 3.39. The maximum atomic E-state index is 12.3. The highest BCUT2D eigenvalue weighted by molar-refractivity contribution is 5.54. The second-order valence-electron chi connectivity index (χ2n) is 6.26. The Labute approximate surface area is 147 Å². The molecule has 8 heteroatoms. The first-order valence-electron chi connectivity index (χ1n) is 8.73. The Hall–Kier alpha value is -2.11. The van der Waals surface area contributed by atoms with Gasteiger partial charge in [-0.15, -0.1) is 0 Å². The summed E-state index contributed by atoms with van der Waals surface area (Å²) in [6.45, 7) is 8.51. The third kappa shape index (κ3) is 3.78. The van der Waals surface area contributed by atoms with Crippen LogP contribution in [0.1, 0.15) is 25.8 Å². The minimum absolute atomic E-state index is 0.0298. The molecule has 1 aliphatic rings. The molecule has 1 aromatic rings. The van der Waals surface area contributed by atoms with Crippen LogP contribution in [0, 0.1) is 11.3 Å². The standard InChI is InChI=1S/C17H27N5O3/c1-5-13-12-22(8-7-21(13)9-10-25-6-2)15-14(11-18)16(23)20(4)17(24)19(15)3/h13H,5-10,12H2,1-4H3/t13-/m1/s1. The number of nitrogens with zero attached hydrogens (tertiary/aromatic N) is 5. The Balaban J connectivity index is 2.31. The van der Waals surface area contributed by atoms with Crippen LogP contribution in [-0.2, 0) is 18.8 Å². The second-order valence-corrected chi connectivity index (χ2v) is 6.26. The topological polar surface area (TPSA) is 83.5 Å². The summed E-state index contributed by atoms with van der Waals surface area (Å²) >= 11 is 0. The highest BCUT2D eigenvalue weighted by Gasteiger charge is 2.29. The lowest BCUT2D eigenvalue weighted by Crippen LogP contribution is -2.55. The van der Waals surface area contributed by atoms with Gasteiger partial charge in [0.1, 0.15) is 11.9 Å². The molecule has 0 saturated carbocycles. The van der Waals surface area contributed by atoms with Crippen molar-refractivity contribution in [3.63, 3.8) is 0 Å². The van der Waals surface area contributed by atoms with Crippen LogP contribution in [-0.4, -0.2) is 59.5 Å². The molecule has 1 saturated heterocycles. The number of hydrogen-bond donors (Lipinski definition) is 0. The number of nitriles is 1. The highest BCUT2D eigenvalue weighted by atomic mass is 16.5. The molecule has 1 aliphatic heterocycles. The van der Waals surface area contributed by atoms with Crippen LogP contribution >= 0.6 is 0 Å². The molecule has 138 valence electrons. The van der Waals surface area contributed by atoms with Crippen LogP contribution in [0.15, 0.2) is 9.59 Å². The molecule has 0 N–H and O–H groups in total. The van der Waals surface area contributed by atoms with Gasteiger partial charge in [0.2, 0.25) is 0 Å². The van der Waals surface area contributed by atoms with E-state index in [4.69, 9.17) is 4.74 Å². The third-order valence-corrected chi connectivity index (χ3v) is 4.85. The summed E-state index contributed by atoms with van der Waals surface area (Å²) in [6.07, 6.45) is 0.948. The molecule has 1 atom stereocenters. The predicted molar refractivity (Wildman–Crippen MR) is 96.0 cm³/mol. The van der Waals surface area contributed by atoms with Crippen molar-refractivity contribution < 1.29 is 4.74 Å². The lowest BCUT2D eigenvalue weighted by molar-refractivity contribution is 0.0867. The molecule has 1 aromatic heterocycles. The van der Waals surface area contributed by atoms with E-state index in [-0.39, 0.29) is 5.56 Å². The van der Waals surface area contributed by atoms with E-state index in [9.17, 15) is 14.9 Å². The van der Waals surface area contributed by atoms with Gasteiger partial charge in [0.05, 0.1) is 6.61 Å². The zero-order valence-corrected chi connectivity index (χ0v) is 15.5.